The molecule has 20 heavy (non-hydrogen) atoms. The number of amides is 1. The highest BCUT2D eigenvalue weighted by Gasteiger charge is 2.23. The van der Waals surface area contributed by atoms with Crippen molar-refractivity contribution >= 4 is 11.7 Å². The summed E-state index contributed by atoms with van der Waals surface area (Å²) in [5.74, 6) is 0.276. The number of hydrogen-bond acceptors (Lipinski definition) is 4. The Hall–Kier alpha value is -1.62. The van der Waals surface area contributed by atoms with Gasteiger partial charge in [-0.2, -0.15) is 0 Å². The first-order valence-corrected chi connectivity index (χ1v) is 7.34. The molecule has 1 atom stereocenters. The van der Waals surface area contributed by atoms with E-state index < -0.39 is 5.91 Å². The van der Waals surface area contributed by atoms with Crippen LogP contribution in [0.15, 0.2) is 18.3 Å². The number of nitrogens with zero attached hydrogens (tertiary/aromatic N) is 2. The fraction of sp³-hybridized carbons (Fsp3) is 0.600. The number of carbonyl (C=O) groups excluding carboxylic acids is 1. The van der Waals surface area contributed by atoms with Gasteiger partial charge in [-0.15, -0.1) is 0 Å². The minimum absolute atomic E-state index is 0.270. The fourth-order valence-corrected chi connectivity index (χ4v) is 2.68. The van der Waals surface area contributed by atoms with E-state index in [2.05, 4.69) is 29.0 Å². The summed E-state index contributed by atoms with van der Waals surface area (Å²) in [7, 11) is 0. The van der Waals surface area contributed by atoms with E-state index in [0.29, 0.717) is 17.4 Å². The number of nitrogens with two attached hydrogens (primary N) is 1. The molecule has 0 bridgehead atoms. The van der Waals surface area contributed by atoms with Crippen LogP contribution in [-0.2, 0) is 0 Å². The SMILES string of the molecule is CC(C)N(CC1CCCCN1)c1ncccc1C(N)=O. The Kier molecular flexibility index (Phi) is 4.95. The van der Waals surface area contributed by atoms with Crippen molar-refractivity contribution in [3.8, 4) is 0 Å². The zero-order valence-corrected chi connectivity index (χ0v) is 12.3. The first kappa shape index (κ1) is 14.8. The molecule has 5 heteroatoms. The Morgan fingerprint density at radius 3 is 2.95 bits per heavy atom. The van der Waals surface area contributed by atoms with Crippen LogP contribution in [0.3, 0.4) is 0 Å². The van der Waals surface area contributed by atoms with Crippen LogP contribution in [-0.4, -0.2) is 36.1 Å². The third-order valence-electron chi connectivity index (χ3n) is 3.78. The van der Waals surface area contributed by atoms with Gasteiger partial charge in [0.05, 0.1) is 5.56 Å². The smallest absolute Gasteiger partial charge is 0.252 e. The topological polar surface area (TPSA) is 71.2 Å². The van der Waals surface area contributed by atoms with E-state index in [1.165, 1.54) is 19.3 Å². The van der Waals surface area contributed by atoms with E-state index in [1.807, 2.05) is 0 Å². The van der Waals surface area contributed by atoms with Crippen molar-refractivity contribution in [3.05, 3.63) is 23.9 Å². The Morgan fingerprint density at radius 1 is 1.55 bits per heavy atom. The molecule has 0 saturated carbocycles. The molecule has 1 aromatic rings. The molecular formula is C15H24N4O. The van der Waals surface area contributed by atoms with E-state index in [1.54, 1.807) is 18.3 Å². The van der Waals surface area contributed by atoms with Crippen LogP contribution in [0.25, 0.3) is 0 Å². The molecule has 110 valence electrons. The lowest BCUT2D eigenvalue weighted by Gasteiger charge is -2.34. The Balaban J connectivity index is 2.21. The van der Waals surface area contributed by atoms with Crippen molar-refractivity contribution in [3.63, 3.8) is 0 Å². The summed E-state index contributed by atoms with van der Waals surface area (Å²) in [4.78, 5) is 18.1. The number of aromatic nitrogens is 1. The second-order valence-corrected chi connectivity index (χ2v) is 5.63. The molecule has 5 nitrogen and oxygen atoms in total. The molecule has 3 N–H and O–H groups in total. The molecule has 1 aliphatic heterocycles. The van der Waals surface area contributed by atoms with E-state index in [4.69, 9.17) is 5.73 Å². The zero-order chi connectivity index (χ0) is 14.5. The van der Waals surface area contributed by atoms with Gasteiger partial charge < -0.3 is 16.0 Å². The molecule has 1 fully saturated rings. The number of hydrogen-bond donors (Lipinski definition) is 2. The molecule has 1 unspecified atom stereocenters. The summed E-state index contributed by atoms with van der Waals surface area (Å²) in [5.41, 5.74) is 5.96. The molecule has 2 rings (SSSR count). The third kappa shape index (κ3) is 3.48. The third-order valence-corrected chi connectivity index (χ3v) is 3.78. The van der Waals surface area contributed by atoms with Crippen molar-refractivity contribution in [1.29, 1.82) is 0 Å². The first-order chi connectivity index (χ1) is 9.59. The number of carbonyl (C=O) groups is 1. The highest BCUT2D eigenvalue weighted by molar-refractivity contribution is 5.97. The van der Waals surface area contributed by atoms with Crippen molar-refractivity contribution in [2.75, 3.05) is 18.0 Å². The Bertz CT molecular complexity index is 455. The number of rotatable bonds is 5. The van der Waals surface area contributed by atoms with Crippen molar-refractivity contribution in [1.82, 2.24) is 10.3 Å². The Morgan fingerprint density at radius 2 is 2.35 bits per heavy atom. The minimum Gasteiger partial charge on any atom is -0.365 e. The van der Waals surface area contributed by atoms with E-state index in [9.17, 15) is 4.79 Å². The standard InChI is InChI=1S/C15H24N4O/c1-11(2)19(10-12-6-3-4-8-17-12)15-13(14(16)20)7-5-9-18-15/h5,7,9,11-12,17H,3-4,6,8,10H2,1-2H3,(H2,16,20). The summed E-state index contributed by atoms with van der Waals surface area (Å²) in [6.45, 7) is 6.15. The lowest BCUT2D eigenvalue weighted by molar-refractivity contribution is 0.100. The fourth-order valence-electron chi connectivity index (χ4n) is 2.68. The monoisotopic (exact) mass is 276 g/mol. The molecule has 1 aromatic heterocycles. The molecule has 0 aliphatic carbocycles. The number of piperidine rings is 1. The van der Waals surface area contributed by atoms with Crippen LogP contribution in [0, 0.1) is 0 Å². The van der Waals surface area contributed by atoms with E-state index in [-0.39, 0.29) is 6.04 Å². The van der Waals surface area contributed by atoms with Gasteiger partial charge in [-0.3, -0.25) is 4.79 Å². The molecule has 2 heterocycles. The summed E-state index contributed by atoms with van der Waals surface area (Å²) >= 11 is 0. The Labute approximate surface area is 120 Å². The predicted octanol–water partition coefficient (Wildman–Crippen LogP) is 1.54. The summed E-state index contributed by atoms with van der Waals surface area (Å²) in [5, 5.41) is 3.54. The molecule has 1 saturated heterocycles. The lowest BCUT2D eigenvalue weighted by Crippen LogP contribution is -2.46. The zero-order valence-electron chi connectivity index (χ0n) is 12.3. The number of pyridine rings is 1. The van der Waals surface area contributed by atoms with Crippen LogP contribution in [0.5, 0.6) is 0 Å². The quantitative estimate of drug-likeness (QED) is 0.855. The maximum Gasteiger partial charge on any atom is 0.252 e. The molecular weight excluding hydrogens is 252 g/mol. The normalized spacial score (nSPS) is 19.1. The van der Waals surface area contributed by atoms with Crippen LogP contribution in [0.2, 0.25) is 0 Å². The minimum atomic E-state index is -0.421. The summed E-state index contributed by atoms with van der Waals surface area (Å²) in [6, 6.07) is 4.22. The van der Waals surface area contributed by atoms with Crippen molar-refractivity contribution < 1.29 is 4.79 Å². The van der Waals surface area contributed by atoms with Crippen LogP contribution in [0.1, 0.15) is 43.5 Å². The molecule has 1 aliphatic rings. The van der Waals surface area contributed by atoms with Crippen molar-refractivity contribution in [2.24, 2.45) is 5.73 Å². The van der Waals surface area contributed by atoms with Gasteiger partial charge in [-0.1, -0.05) is 6.42 Å². The highest BCUT2D eigenvalue weighted by Crippen LogP contribution is 2.21. The number of primary amides is 1. The van der Waals surface area contributed by atoms with Gasteiger partial charge >= 0.3 is 0 Å². The summed E-state index contributed by atoms with van der Waals surface area (Å²) in [6.07, 6.45) is 5.39. The van der Waals surface area contributed by atoms with Gasteiger partial charge in [-0.25, -0.2) is 4.98 Å². The van der Waals surface area contributed by atoms with Gasteiger partial charge in [0.1, 0.15) is 5.82 Å². The van der Waals surface area contributed by atoms with Gasteiger partial charge in [0, 0.05) is 24.8 Å². The molecule has 0 spiro atoms. The average molecular weight is 276 g/mol. The maximum absolute atomic E-state index is 11.6. The first-order valence-electron chi connectivity index (χ1n) is 7.34. The average Bonchev–Trinajstić information content (AvgIpc) is 2.45. The van der Waals surface area contributed by atoms with Crippen LogP contribution in [0.4, 0.5) is 5.82 Å². The molecule has 1 amide bonds. The predicted molar refractivity (Wildman–Crippen MR) is 80.9 cm³/mol. The second kappa shape index (κ2) is 6.70. The molecule has 0 aromatic carbocycles. The summed E-state index contributed by atoms with van der Waals surface area (Å²) < 4.78 is 0. The van der Waals surface area contributed by atoms with Gasteiger partial charge in [-0.05, 0) is 45.4 Å². The van der Waals surface area contributed by atoms with Gasteiger partial charge in [0.15, 0.2) is 0 Å². The molecule has 0 radical (unpaired) electrons. The maximum atomic E-state index is 11.6. The van der Waals surface area contributed by atoms with E-state index >= 15 is 0 Å². The second-order valence-electron chi connectivity index (χ2n) is 5.63. The van der Waals surface area contributed by atoms with Crippen LogP contribution >= 0.6 is 0 Å². The number of anilines is 1. The number of nitrogens with one attached hydrogen (secondary N) is 1. The van der Waals surface area contributed by atoms with Gasteiger partial charge in [0.25, 0.3) is 5.91 Å². The van der Waals surface area contributed by atoms with Gasteiger partial charge in [0.2, 0.25) is 0 Å². The van der Waals surface area contributed by atoms with E-state index in [0.717, 1.165) is 13.1 Å². The van der Waals surface area contributed by atoms with Crippen molar-refractivity contribution in [2.45, 2.75) is 45.2 Å². The lowest BCUT2D eigenvalue weighted by atomic mass is 10.0. The largest absolute Gasteiger partial charge is 0.365 e. The van der Waals surface area contributed by atoms with Crippen LogP contribution < -0.4 is 16.0 Å². The highest BCUT2D eigenvalue weighted by atomic mass is 16.1.